The molecule has 1 saturated heterocycles. The molecule has 9 nitrogen and oxygen atoms in total. The molecule has 142 valence electrons. The topological polar surface area (TPSA) is 122 Å². The molecule has 2 rings (SSSR count). The number of benzene rings is 1. The number of carboxylic acids is 1. The van der Waals surface area contributed by atoms with Crippen LogP contribution >= 0.6 is 0 Å². The van der Waals surface area contributed by atoms with Crippen molar-refractivity contribution in [2.24, 2.45) is 11.8 Å². The molecular formula is C14H14F3N3O6. The Balaban J connectivity index is 2.21. The second-order valence-corrected chi connectivity index (χ2v) is 5.57. The molecule has 0 aliphatic carbocycles. The molecule has 0 radical (unpaired) electrons. The van der Waals surface area contributed by atoms with E-state index >= 15 is 0 Å². The summed E-state index contributed by atoms with van der Waals surface area (Å²) in [5, 5.41) is 22.0. The number of alkyl halides is 3. The number of carbonyl (C=O) groups excluding carboxylic acids is 1. The number of hydrogen-bond acceptors (Lipinski definition) is 5. The Morgan fingerprint density at radius 1 is 1.38 bits per heavy atom. The first kappa shape index (κ1) is 19.3. The lowest BCUT2D eigenvalue weighted by atomic mass is 9.96. The van der Waals surface area contributed by atoms with E-state index in [0.29, 0.717) is 4.90 Å². The van der Waals surface area contributed by atoms with Gasteiger partial charge in [0, 0.05) is 25.2 Å². The van der Waals surface area contributed by atoms with Crippen LogP contribution in [0.15, 0.2) is 18.2 Å². The van der Waals surface area contributed by atoms with Gasteiger partial charge in [0.2, 0.25) is 0 Å². The standard InChI is InChI=1S/C14H14F3N3O6/c1-26-11-3-2-7(20(24)25)4-10(11)18-13(23)19-5-8(12(21)22)9(6-19)14(15,16)17/h2-4,8-9H,5-6H2,1H3,(H,18,23)(H,21,22)/t8-,9-/m1/s1. The Morgan fingerprint density at radius 2 is 2.04 bits per heavy atom. The second kappa shape index (κ2) is 7.06. The largest absolute Gasteiger partial charge is 0.495 e. The highest BCUT2D eigenvalue weighted by molar-refractivity contribution is 5.92. The highest BCUT2D eigenvalue weighted by Gasteiger charge is 2.53. The van der Waals surface area contributed by atoms with Crippen LogP contribution in [0.2, 0.25) is 0 Å². The fraction of sp³-hybridized carbons (Fsp3) is 0.429. The predicted molar refractivity (Wildman–Crippen MR) is 80.9 cm³/mol. The van der Waals surface area contributed by atoms with Crippen molar-refractivity contribution in [2.45, 2.75) is 6.18 Å². The molecule has 1 aliphatic rings. The van der Waals surface area contributed by atoms with Crippen molar-refractivity contribution in [3.05, 3.63) is 28.3 Å². The highest BCUT2D eigenvalue weighted by atomic mass is 19.4. The van der Waals surface area contributed by atoms with E-state index in [1.54, 1.807) is 0 Å². The van der Waals surface area contributed by atoms with Crippen LogP contribution in [0.25, 0.3) is 0 Å². The van der Waals surface area contributed by atoms with Crippen LogP contribution in [0.4, 0.5) is 29.3 Å². The summed E-state index contributed by atoms with van der Waals surface area (Å²) >= 11 is 0. The zero-order valence-corrected chi connectivity index (χ0v) is 13.3. The number of aliphatic carboxylic acids is 1. The van der Waals surface area contributed by atoms with Crippen LogP contribution in [0.1, 0.15) is 0 Å². The third-order valence-electron chi connectivity index (χ3n) is 3.98. The summed E-state index contributed by atoms with van der Waals surface area (Å²) in [6.07, 6.45) is -4.78. The van der Waals surface area contributed by atoms with E-state index in [1.165, 1.54) is 13.2 Å². The van der Waals surface area contributed by atoms with Gasteiger partial charge in [0.25, 0.3) is 5.69 Å². The normalized spacial score (nSPS) is 19.9. The maximum absolute atomic E-state index is 13.0. The molecule has 0 spiro atoms. The number of rotatable bonds is 4. The molecule has 0 aromatic heterocycles. The fourth-order valence-corrected chi connectivity index (χ4v) is 2.65. The summed E-state index contributed by atoms with van der Waals surface area (Å²) in [5.74, 6) is -5.58. The summed E-state index contributed by atoms with van der Waals surface area (Å²) in [5.41, 5.74) is -0.479. The van der Waals surface area contributed by atoms with Crippen molar-refractivity contribution in [1.82, 2.24) is 4.90 Å². The van der Waals surface area contributed by atoms with Crippen LogP contribution < -0.4 is 10.1 Å². The minimum absolute atomic E-state index is 0.0605. The Morgan fingerprint density at radius 3 is 2.50 bits per heavy atom. The second-order valence-electron chi connectivity index (χ2n) is 5.57. The van der Waals surface area contributed by atoms with E-state index in [2.05, 4.69) is 5.32 Å². The van der Waals surface area contributed by atoms with Crippen molar-refractivity contribution in [3.8, 4) is 5.75 Å². The van der Waals surface area contributed by atoms with Crippen molar-refractivity contribution < 1.29 is 37.5 Å². The number of ether oxygens (including phenoxy) is 1. The summed E-state index contributed by atoms with van der Waals surface area (Å²) in [6.45, 7) is -1.47. The molecule has 26 heavy (non-hydrogen) atoms. The molecule has 0 unspecified atom stereocenters. The van der Waals surface area contributed by atoms with Gasteiger partial charge in [-0.05, 0) is 6.07 Å². The molecule has 1 heterocycles. The van der Waals surface area contributed by atoms with Crippen molar-refractivity contribution in [2.75, 3.05) is 25.5 Å². The number of nitrogens with zero attached hydrogens (tertiary/aromatic N) is 2. The molecule has 12 heteroatoms. The average Bonchev–Trinajstić information content (AvgIpc) is 3.00. The Hall–Kier alpha value is -3.05. The number of nitro benzene ring substituents is 1. The number of carbonyl (C=O) groups is 2. The van der Waals surface area contributed by atoms with Crippen LogP contribution in [-0.2, 0) is 4.79 Å². The van der Waals surface area contributed by atoms with E-state index in [0.717, 1.165) is 12.1 Å². The zero-order chi connectivity index (χ0) is 19.6. The number of non-ortho nitro benzene ring substituents is 1. The first-order valence-corrected chi connectivity index (χ1v) is 7.22. The van der Waals surface area contributed by atoms with Gasteiger partial charge in [0.15, 0.2) is 0 Å². The van der Waals surface area contributed by atoms with Gasteiger partial charge < -0.3 is 20.1 Å². The Bertz CT molecular complexity index is 739. The van der Waals surface area contributed by atoms with Crippen LogP contribution in [-0.4, -0.2) is 53.3 Å². The number of hydrogen-bond donors (Lipinski definition) is 2. The van der Waals surface area contributed by atoms with E-state index in [4.69, 9.17) is 9.84 Å². The lowest BCUT2D eigenvalue weighted by Crippen LogP contribution is -2.35. The van der Waals surface area contributed by atoms with Gasteiger partial charge in [-0.15, -0.1) is 0 Å². The number of halogens is 3. The third-order valence-corrected chi connectivity index (χ3v) is 3.98. The number of anilines is 1. The minimum atomic E-state index is -4.78. The fourth-order valence-electron chi connectivity index (χ4n) is 2.65. The van der Waals surface area contributed by atoms with Gasteiger partial charge in [0.05, 0.1) is 29.6 Å². The van der Waals surface area contributed by atoms with E-state index < -0.39 is 48.0 Å². The maximum atomic E-state index is 13.0. The van der Waals surface area contributed by atoms with E-state index in [1.807, 2.05) is 0 Å². The van der Waals surface area contributed by atoms with Gasteiger partial charge in [-0.1, -0.05) is 0 Å². The summed E-state index contributed by atoms with van der Waals surface area (Å²) in [6, 6.07) is 2.32. The number of carboxylic acid groups (broad SMARTS) is 1. The molecule has 1 fully saturated rings. The number of likely N-dealkylation sites (tertiary alicyclic amines) is 1. The molecule has 1 aliphatic heterocycles. The molecule has 0 bridgehead atoms. The number of amides is 2. The van der Waals surface area contributed by atoms with Crippen molar-refractivity contribution in [3.63, 3.8) is 0 Å². The first-order chi connectivity index (χ1) is 12.0. The van der Waals surface area contributed by atoms with Gasteiger partial charge >= 0.3 is 18.2 Å². The van der Waals surface area contributed by atoms with Crippen LogP contribution in [0.3, 0.4) is 0 Å². The maximum Gasteiger partial charge on any atom is 0.394 e. The quantitative estimate of drug-likeness (QED) is 0.613. The van der Waals surface area contributed by atoms with E-state index in [9.17, 15) is 32.9 Å². The Kier molecular flexibility index (Phi) is 5.23. The number of nitrogens with one attached hydrogen (secondary N) is 1. The molecule has 1 aromatic rings. The SMILES string of the molecule is COc1ccc([N+](=O)[O-])cc1NC(=O)N1C[C@@H](C(F)(F)F)[C@H](C(=O)O)C1. The van der Waals surface area contributed by atoms with Crippen LogP contribution in [0, 0.1) is 22.0 Å². The highest BCUT2D eigenvalue weighted by Crippen LogP contribution is 2.38. The zero-order valence-electron chi connectivity index (χ0n) is 13.3. The molecule has 2 N–H and O–H groups in total. The van der Waals surface area contributed by atoms with E-state index in [-0.39, 0.29) is 17.1 Å². The lowest BCUT2D eigenvalue weighted by Gasteiger charge is -2.19. The molecule has 2 atom stereocenters. The molecule has 0 saturated carbocycles. The number of nitro groups is 1. The molecule has 2 amide bonds. The van der Waals surface area contributed by atoms with Gasteiger partial charge in [-0.3, -0.25) is 14.9 Å². The monoisotopic (exact) mass is 377 g/mol. The molecule has 1 aromatic carbocycles. The number of urea groups is 1. The predicted octanol–water partition coefficient (Wildman–Crippen LogP) is 2.33. The smallest absolute Gasteiger partial charge is 0.394 e. The summed E-state index contributed by atoms with van der Waals surface area (Å²) in [7, 11) is 1.24. The lowest BCUT2D eigenvalue weighted by molar-refractivity contribution is -0.384. The first-order valence-electron chi connectivity index (χ1n) is 7.22. The van der Waals surface area contributed by atoms with Gasteiger partial charge in [-0.25, -0.2) is 4.79 Å². The Labute approximate surface area is 144 Å². The minimum Gasteiger partial charge on any atom is -0.495 e. The number of methoxy groups -OCH3 is 1. The van der Waals surface area contributed by atoms with Gasteiger partial charge in [-0.2, -0.15) is 13.2 Å². The third kappa shape index (κ3) is 3.95. The molecular weight excluding hydrogens is 363 g/mol. The van der Waals surface area contributed by atoms with Crippen molar-refractivity contribution >= 4 is 23.4 Å². The average molecular weight is 377 g/mol. The van der Waals surface area contributed by atoms with Crippen molar-refractivity contribution in [1.29, 1.82) is 0 Å². The summed E-state index contributed by atoms with van der Waals surface area (Å²) < 4.78 is 43.9. The summed E-state index contributed by atoms with van der Waals surface area (Å²) in [4.78, 5) is 34.1. The van der Waals surface area contributed by atoms with Gasteiger partial charge in [0.1, 0.15) is 5.75 Å². The van der Waals surface area contributed by atoms with Crippen LogP contribution in [0.5, 0.6) is 5.75 Å².